The third kappa shape index (κ3) is 5.68. The molecule has 0 heterocycles. The first kappa shape index (κ1) is 21.7. The highest BCUT2D eigenvalue weighted by Crippen LogP contribution is 2.16. The Bertz CT molecular complexity index is 900. The van der Waals surface area contributed by atoms with Gasteiger partial charge in [-0.3, -0.25) is 4.79 Å². The molecule has 2 rings (SSSR count). The molecule has 2 aromatic carbocycles. The Morgan fingerprint density at radius 3 is 2.18 bits per heavy atom. The van der Waals surface area contributed by atoms with Gasteiger partial charge in [-0.25, -0.2) is 8.42 Å². The fourth-order valence-corrected chi connectivity index (χ4v) is 4.08. The van der Waals surface area contributed by atoms with E-state index < -0.39 is 10.0 Å². The molecule has 0 aliphatic heterocycles. The second kappa shape index (κ2) is 10.1. The molecule has 0 spiro atoms. The largest absolute Gasteiger partial charge is 0.497 e. The van der Waals surface area contributed by atoms with Gasteiger partial charge in [0.05, 0.1) is 12.0 Å². The van der Waals surface area contributed by atoms with Gasteiger partial charge in [-0.2, -0.15) is 4.31 Å². The van der Waals surface area contributed by atoms with Crippen LogP contribution in [0.1, 0.15) is 25.0 Å². The summed E-state index contributed by atoms with van der Waals surface area (Å²) in [6, 6.07) is 13.9. The van der Waals surface area contributed by atoms with Gasteiger partial charge in [-0.1, -0.05) is 38.1 Å². The molecule has 0 aliphatic rings. The molecule has 0 atom stereocenters. The number of carbonyl (C=O) groups excluding carboxylic acids is 1. The maximum Gasteiger partial charge on any atom is 0.244 e. The summed E-state index contributed by atoms with van der Waals surface area (Å²) in [6.45, 7) is 4.79. The second-order valence-electron chi connectivity index (χ2n) is 6.06. The molecule has 7 heteroatoms. The summed E-state index contributed by atoms with van der Waals surface area (Å²) in [7, 11) is -1.87. The first-order chi connectivity index (χ1) is 13.4. The second-order valence-corrected chi connectivity index (χ2v) is 8.00. The zero-order valence-electron chi connectivity index (χ0n) is 16.4. The van der Waals surface area contributed by atoms with Gasteiger partial charge in [0.25, 0.3) is 0 Å². The van der Waals surface area contributed by atoms with E-state index >= 15 is 0 Å². The van der Waals surface area contributed by atoms with Crippen molar-refractivity contribution in [3.05, 3.63) is 65.7 Å². The quantitative estimate of drug-likeness (QED) is 0.654. The molecule has 0 radical (unpaired) electrons. The maximum absolute atomic E-state index is 12.5. The zero-order valence-corrected chi connectivity index (χ0v) is 17.2. The maximum atomic E-state index is 12.5. The first-order valence-electron chi connectivity index (χ1n) is 9.09. The summed E-state index contributed by atoms with van der Waals surface area (Å²) < 4.78 is 31.4. The van der Waals surface area contributed by atoms with Crippen LogP contribution in [0.25, 0.3) is 6.08 Å². The standard InChI is InChI=1S/C21H26N2O4S/c1-4-23(5-2)28(25,26)20-13-8-18(9-14-20)16-22-21(24)15-10-17-6-11-19(27-3)12-7-17/h6-15H,4-5,16H2,1-3H3,(H,22,24)/b15-10+. The van der Waals surface area contributed by atoms with E-state index in [1.807, 2.05) is 38.1 Å². The minimum atomic E-state index is -3.47. The molecule has 0 saturated heterocycles. The van der Waals surface area contributed by atoms with E-state index in [-0.39, 0.29) is 10.8 Å². The van der Waals surface area contributed by atoms with Gasteiger partial charge >= 0.3 is 0 Å². The lowest BCUT2D eigenvalue weighted by Gasteiger charge is -2.18. The van der Waals surface area contributed by atoms with Crippen LogP contribution in [0.2, 0.25) is 0 Å². The molecule has 0 unspecified atom stereocenters. The molecule has 0 bridgehead atoms. The fourth-order valence-electron chi connectivity index (χ4n) is 2.63. The number of carbonyl (C=O) groups is 1. The van der Waals surface area contributed by atoms with Gasteiger partial charge in [-0.15, -0.1) is 0 Å². The van der Waals surface area contributed by atoms with Crippen LogP contribution in [-0.4, -0.2) is 38.8 Å². The van der Waals surface area contributed by atoms with Crippen molar-refractivity contribution in [2.75, 3.05) is 20.2 Å². The van der Waals surface area contributed by atoms with Crippen molar-refractivity contribution in [2.45, 2.75) is 25.3 Å². The van der Waals surface area contributed by atoms with Crippen LogP contribution in [0, 0.1) is 0 Å². The average Bonchev–Trinajstić information content (AvgIpc) is 2.72. The van der Waals surface area contributed by atoms with E-state index in [9.17, 15) is 13.2 Å². The Balaban J connectivity index is 1.93. The summed E-state index contributed by atoms with van der Waals surface area (Å²) in [5, 5.41) is 2.78. The minimum Gasteiger partial charge on any atom is -0.497 e. The summed E-state index contributed by atoms with van der Waals surface area (Å²) in [5.74, 6) is 0.531. The Kier molecular flexibility index (Phi) is 7.78. The monoisotopic (exact) mass is 402 g/mol. The van der Waals surface area contributed by atoms with Gasteiger partial charge in [0.1, 0.15) is 5.75 Å². The van der Waals surface area contributed by atoms with Crippen LogP contribution in [-0.2, 0) is 21.4 Å². The smallest absolute Gasteiger partial charge is 0.244 e. The predicted molar refractivity (Wildman–Crippen MR) is 110 cm³/mol. The predicted octanol–water partition coefficient (Wildman–Crippen LogP) is 3.06. The third-order valence-electron chi connectivity index (χ3n) is 4.28. The number of rotatable bonds is 9. The van der Waals surface area contributed by atoms with Crippen molar-refractivity contribution in [3.8, 4) is 5.75 Å². The highest BCUT2D eigenvalue weighted by Gasteiger charge is 2.21. The third-order valence-corrected chi connectivity index (χ3v) is 6.34. The topological polar surface area (TPSA) is 75.7 Å². The fraction of sp³-hybridized carbons (Fsp3) is 0.286. The summed E-state index contributed by atoms with van der Waals surface area (Å²) in [6.07, 6.45) is 3.18. The molecular weight excluding hydrogens is 376 g/mol. The number of methoxy groups -OCH3 is 1. The Morgan fingerprint density at radius 2 is 1.64 bits per heavy atom. The van der Waals surface area contributed by atoms with E-state index in [0.717, 1.165) is 16.9 Å². The van der Waals surface area contributed by atoms with E-state index in [1.54, 1.807) is 37.5 Å². The van der Waals surface area contributed by atoms with Gasteiger partial charge in [-0.05, 0) is 41.5 Å². The van der Waals surface area contributed by atoms with Crippen LogP contribution in [0.3, 0.4) is 0 Å². The van der Waals surface area contributed by atoms with Crippen molar-refractivity contribution in [1.82, 2.24) is 9.62 Å². The van der Waals surface area contributed by atoms with Crippen molar-refractivity contribution in [3.63, 3.8) is 0 Å². The van der Waals surface area contributed by atoms with Crippen molar-refractivity contribution in [1.29, 1.82) is 0 Å². The van der Waals surface area contributed by atoms with Crippen LogP contribution >= 0.6 is 0 Å². The molecule has 6 nitrogen and oxygen atoms in total. The number of hydrogen-bond donors (Lipinski definition) is 1. The van der Waals surface area contributed by atoms with Gasteiger partial charge in [0.15, 0.2) is 0 Å². The minimum absolute atomic E-state index is 0.226. The summed E-state index contributed by atoms with van der Waals surface area (Å²) >= 11 is 0. The Labute approximate surface area is 166 Å². The summed E-state index contributed by atoms with van der Waals surface area (Å²) in [5.41, 5.74) is 1.71. The number of amides is 1. The SMILES string of the molecule is CCN(CC)S(=O)(=O)c1ccc(CNC(=O)/C=C/c2ccc(OC)cc2)cc1. The number of nitrogens with zero attached hydrogens (tertiary/aromatic N) is 1. The molecule has 28 heavy (non-hydrogen) atoms. The van der Waals surface area contributed by atoms with Crippen molar-refractivity contribution >= 4 is 22.0 Å². The molecule has 150 valence electrons. The van der Waals surface area contributed by atoms with Crippen molar-refractivity contribution < 1.29 is 17.9 Å². The Morgan fingerprint density at radius 1 is 1.04 bits per heavy atom. The molecule has 1 amide bonds. The highest BCUT2D eigenvalue weighted by atomic mass is 32.2. The van der Waals surface area contributed by atoms with Crippen molar-refractivity contribution in [2.24, 2.45) is 0 Å². The van der Waals surface area contributed by atoms with Crippen LogP contribution in [0.4, 0.5) is 0 Å². The number of benzene rings is 2. The van der Waals surface area contributed by atoms with Crippen LogP contribution in [0.15, 0.2) is 59.5 Å². The highest BCUT2D eigenvalue weighted by molar-refractivity contribution is 7.89. The molecule has 2 aromatic rings. The van der Waals surface area contributed by atoms with Gasteiger partial charge < -0.3 is 10.1 Å². The number of ether oxygens (including phenoxy) is 1. The van der Waals surface area contributed by atoms with Gasteiger partial charge in [0, 0.05) is 25.7 Å². The lowest BCUT2D eigenvalue weighted by molar-refractivity contribution is -0.116. The van der Waals surface area contributed by atoms with E-state index in [2.05, 4.69) is 5.32 Å². The van der Waals surface area contributed by atoms with E-state index in [0.29, 0.717) is 19.6 Å². The van der Waals surface area contributed by atoms with Crippen LogP contribution in [0.5, 0.6) is 5.75 Å². The number of nitrogens with one attached hydrogen (secondary N) is 1. The van der Waals surface area contributed by atoms with E-state index in [1.165, 1.54) is 10.4 Å². The normalized spacial score (nSPS) is 11.7. The molecule has 0 aromatic heterocycles. The van der Waals surface area contributed by atoms with Crippen LogP contribution < -0.4 is 10.1 Å². The first-order valence-corrected chi connectivity index (χ1v) is 10.5. The molecule has 0 aliphatic carbocycles. The number of hydrogen-bond acceptors (Lipinski definition) is 4. The zero-order chi connectivity index (χ0) is 20.6. The molecule has 0 saturated carbocycles. The molecule has 1 N–H and O–H groups in total. The average molecular weight is 403 g/mol. The van der Waals surface area contributed by atoms with E-state index in [4.69, 9.17) is 4.74 Å². The lowest BCUT2D eigenvalue weighted by Crippen LogP contribution is -2.30. The molecule has 0 fully saturated rings. The lowest BCUT2D eigenvalue weighted by atomic mass is 10.2. The van der Waals surface area contributed by atoms with Gasteiger partial charge in [0.2, 0.25) is 15.9 Å². The number of sulfonamides is 1. The molecular formula is C21H26N2O4S. The Hall–Kier alpha value is -2.64. The summed E-state index contributed by atoms with van der Waals surface area (Å²) in [4.78, 5) is 12.2.